The van der Waals surface area contributed by atoms with Gasteiger partial charge in [-0.05, 0) is 37.1 Å². The first-order chi connectivity index (χ1) is 11.9. The molecule has 25 heavy (non-hydrogen) atoms. The van der Waals surface area contributed by atoms with Gasteiger partial charge in [-0.2, -0.15) is 0 Å². The SMILES string of the molecule is CNC(=O)[C@@H](C)N(Cc1ccc(C)cc1)C(=O)Cc1cccc(Cl)c1. The fraction of sp³-hybridized carbons (Fsp3) is 0.300. The Balaban J connectivity index is 2.21. The number of nitrogens with zero attached hydrogens (tertiary/aromatic N) is 1. The van der Waals surface area contributed by atoms with E-state index in [9.17, 15) is 9.59 Å². The average Bonchev–Trinajstić information content (AvgIpc) is 2.59. The van der Waals surface area contributed by atoms with Gasteiger partial charge in [-0.25, -0.2) is 0 Å². The lowest BCUT2D eigenvalue weighted by Crippen LogP contribution is -2.47. The number of benzene rings is 2. The number of halogens is 1. The van der Waals surface area contributed by atoms with Gasteiger partial charge in [-0.3, -0.25) is 9.59 Å². The molecule has 0 fully saturated rings. The minimum Gasteiger partial charge on any atom is -0.357 e. The number of rotatable bonds is 6. The molecule has 0 saturated heterocycles. The Morgan fingerprint density at radius 1 is 1.12 bits per heavy atom. The Morgan fingerprint density at radius 2 is 1.80 bits per heavy atom. The molecule has 0 aliphatic rings. The van der Waals surface area contributed by atoms with Gasteiger partial charge in [0.15, 0.2) is 0 Å². The van der Waals surface area contributed by atoms with E-state index >= 15 is 0 Å². The molecule has 0 radical (unpaired) electrons. The van der Waals surface area contributed by atoms with Crippen LogP contribution in [0, 0.1) is 6.92 Å². The number of hydrogen-bond donors (Lipinski definition) is 1. The van der Waals surface area contributed by atoms with Gasteiger partial charge in [-0.15, -0.1) is 0 Å². The van der Waals surface area contributed by atoms with Gasteiger partial charge in [0.1, 0.15) is 6.04 Å². The lowest BCUT2D eigenvalue weighted by atomic mass is 10.1. The van der Waals surface area contributed by atoms with Crippen molar-refractivity contribution >= 4 is 23.4 Å². The van der Waals surface area contributed by atoms with E-state index in [1.54, 1.807) is 31.0 Å². The summed E-state index contributed by atoms with van der Waals surface area (Å²) >= 11 is 6.00. The van der Waals surface area contributed by atoms with Crippen molar-refractivity contribution < 1.29 is 9.59 Å². The van der Waals surface area contributed by atoms with Gasteiger partial charge >= 0.3 is 0 Å². The molecular weight excluding hydrogens is 336 g/mol. The predicted octanol–water partition coefficient (Wildman–Crippen LogP) is 3.35. The third-order valence-electron chi connectivity index (χ3n) is 4.13. The standard InChI is InChI=1S/C20H23ClN2O2/c1-14-7-9-16(10-8-14)13-23(15(2)20(25)22-3)19(24)12-17-5-4-6-18(21)11-17/h4-11,15H,12-13H2,1-3H3,(H,22,25)/t15-/m1/s1. The zero-order valence-corrected chi connectivity index (χ0v) is 15.5. The number of hydrogen-bond acceptors (Lipinski definition) is 2. The highest BCUT2D eigenvalue weighted by atomic mass is 35.5. The van der Waals surface area contributed by atoms with Crippen LogP contribution < -0.4 is 5.32 Å². The summed E-state index contributed by atoms with van der Waals surface area (Å²) in [6.45, 7) is 4.14. The van der Waals surface area contributed by atoms with E-state index in [4.69, 9.17) is 11.6 Å². The molecule has 132 valence electrons. The van der Waals surface area contributed by atoms with Gasteiger partial charge in [0.05, 0.1) is 6.42 Å². The molecule has 1 atom stereocenters. The molecule has 0 bridgehead atoms. The van der Waals surface area contributed by atoms with Crippen molar-refractivity contribution in [2.24, 2.45) is 0 Å². The molecule has 0 aliphatic carbocycles. The van der Waals surface area contributed by atoms with Crippen molar-refractivity contribution in [1.29, 1.82) is 0 Å². The zero-order chi connectivity index (χ0) is 18.4. The maximum Gasteiger partial charge on any atom is 0.242 e. The van der Waals surface area contributed by atoms with Crippen molar-refractivity contribution in [3.8, 4) is 0 Å². The second kappa shape index (κ2) is 8.67. The molecule has 0 unspecified atom stereocenters. The van der Waals surface area contributed by atoms with Crippen LogP contribution in [0.5, 0.6) is 0 Å². The van der Waals surface area contributed by atoms with Crippen LogP contribution in [0.1, 0.15) is 23.6 Å². The second-order valence-corrected chi connectivity index (χ2v) is 6.54. The van der Waals surface area contributed by atoms with E-state index in [0.29, 0.717) is 11.6 Å². The number of aryl methyl sites for hydroxylation is 1. The molecule has 0 spiro atoms. The van der Waals surface area contributed by atoms with Crippen LogP contribution in [0.4, 0.5) is 0 Å². The van der Waals surface area contributed by atoms with Gasteiger partial charge in [-0.1, -0.05) is 53.6 Å². The Bertz CT molecular complexity index is 744. The third-order valence-corrected chi connectivity index (χ3v) is 4.37. The number of likely N-dealkylation sites (N-methyl/N-ethyl adjacent to an activating group) is 1. The zero-order valence-electron chi connectivity index (χ0n) is 14.8. The first-order valence-corrected chi connectivity index (χ1v) is 8.59. The number of carbonyl (C=O) groups is 2. The van der Waals surface area contributed by atoms with Crippen molar-refractivity contribution in [3.05, 3.63) is 70.2 Å². The van der Waals surface area contributed by atoms with E-state index in [0.717, 1.165) is 16.7 Å². The molecule has 0 aliphatic heterocycles. The maximum atomic E-state index is 12.9. The summed E-state index contributed by atoms with van der Waals surface area (Å²) in [4.78, 5) is 26.5. The van der Waals surface area contributed by atoms with Crippen LogP contribution in [-0.2, 0) is 22.6 Å². The summed E-state index contributed by atoms with van der Waals surface area (Å²) in [6.07, 6.45) is 0.202. The topological polar surface area (TPSA) is 49.4 Å². The molecule has 2 aromatic rings. The van der Waals surface area contributed by atoms with E-state index in [1.165, 1.54) is 0 Å². The van der Waals surface area contributed by atoms with Gasteiger partial charge in [0, 0.05) is 18.6 Å². The van der Waals surface area contributed by atoms with E-state index in [2.05, 4.69) is 5.32 Å². The summed E-state index contributed by atoms with van der Waals surface area (Å²) in [6, 6.07) is 14.6. The predicted molar refractivity (Wildman–Crippen MR) is 100 cm³/mol. The minimum atomic E-state index is -0.557. The fourth-order valence-corrected chi connectivity index (χ4v) is 2.82. The summed E-state index contributed by atoms with van der Waals surface area (Å²) < 4.78 is 0. The molecule has 2 rings (SSSR count). The van der Waals surface area contributed by atoms with Gasteiger partial charge in [0.25, 0.3) is 0 Å². The number of amides is 2. The van der Waals surface area contributed by atoms with Crippen molar-refractivity contribution in [3.63, 3.8) is 0 Å². The molecule has 1 N–H and O–H groups in total. The highest BCUT2D eigenvalue weighted by Crippen LogP contribution is 2.15. The Kier molecular flexibility index (Phi) is 6.59. The molecule has 5 heteroatoms. The van der Waals surface area contributed by atoms with Crippen LogP contribution in [0.2, 0.25) is 5.02 Å². The van der Waals surface area contributed by atoms with E-state index < -0.39 is 6.04 Å². The molecule has 2 amide bonds. The van der Waals surface area contributed by atoms with Crippen LogP contribution in [0.3, 0.4) is 0 Å². The fourth-order valence-electron chi connectivity index (χ4n) is 2.60. The largest absolute Gasteiger partial charge is 0.357 e. The summed E-state index contributed by atoms with van der Waals surface area (Å²) in [5.41, 5.74) is 2.97. The second-order valence-electron chi connectivity index (χ2n) is 6.10. The van der Waals surface area contributed by atoms with E-state index in [-0.39, 0.29) is 18.2 Å². The summed E-state index contributed by atoms with van der Waals surface area (Å²) in [5.74, 6) is -0.300. The van der Waals surface area contributed by atoms with Crippen LogP contribution in [0.15, 0.2) is 48.5 Å². The molecule has 2 aromatic carbocycles. The first kappa shape index (κ1) is 19.0. The number of nitrogens with one attached hydrogen (secondary N) is 1. The van der Waals surface area contributed by atoms with Crippen LogP contribution in [-0.4, -0.2) is 29.8 Å². The molecular formula is C20H23ClN2O2. The molecule has 0 saturated carbocycles. The van der Waals surface area contributed by atoms with Gasteiger partial charge < -0.3 is 10.2 Å². The average molecular weight is 359 g/mol. The Labute approximate surface area is 153 Å². The van der Waals surface area contributed by atoms with Crippen LogP contribution in [0.25, 0.3) is 0 Å². The van der Waals surface area contributed by atoms with Crippen LogP contribution >= 0.6 is 11.6 Å². The van der Waals surface area contributed by atoms with Crippen molar-refractivity contribution in [1.82, 2.24) is 10.2 Å². The van der Waals surface area contributed by atoms with Crippen molar-refractivity contribution in [2.75, 3.05) is 7.05 Å². The highest BCUT2D eigenvalue weighted by molar-refractivity contribution is 6.30. The molecule has 0 heterocycles. The maximum absolute atomic E-state index is 12.9. The lowest BCUT2D eigenvalue weighted by Gasteiger charge is -2.28. The van der Waals surface area contributed by atoms with E-state index in [1.807, 2.05) is 43.3 Å². The molecule has 0 aromatic heterocycles. The first-order valence-electron chi connectivity index (χ1n) is 8.21. The monoisotopic (exact) mass is 358 g/mol. The van der Waals surface area contributed by atoms with Crippen molar-refractivity contribution in [2.45, 2.75) is 32.9 Å². The number of carbonyl (C=O) groups excluding carboxylic acids is 2. The highest BCUT2D eigenvalue weighted by Gasteiger charge is 2.25. The Hall–Kier alpha value is -2.33. The summed E-state index contributed by atoms with van der Waals surface area (Å²) in [5, 5.41) is 3.21. The quantitative estimate of drug-likeness (QED) is 0.860. The lowest BCUT2D eigenvalue weighted by molar-refractivity contribution is -0.139. The van der Waals surface area contributed by atoms with Gasteiger partial charge in [0.2, 0.25) is 11.8 Å². The minimum absolute atomic E-state index is 0.112. The summed E-state index contributed by atoms with van der Waals surface area (Å²) in [7, 11) is 1.57. The smallest absolute Gasteiger partial charge is 0.242 e. The Morgan fingerprint density at radius 3 is 2.40 bits per heavy atom. The third kappa shape index (κ3) is 5.33. The normalized spacial score (nSPS) is 11.7. The molecule has 4 nitrogen and oxygen atoms in total.